The molecular weight excluding hydrogens is 463 g/mol. The van der Waals surface area contributed by atoms with E-state index in [0.717, 1.165) is 54.6 Å². The monoisotopic (exact) mass is 487 g/mol. The number of aryl methyl sites for hydroxylation is 2. The maximum absolute atomic E-state index is 16.1. The topological polar surface area (TPSA) is 11.2 Å². The number of hydrogen-bond acceptors (Lipinski definition) is 1. The highest BCUT2D eigenvalue weighted by Gasteiger charge is 2.52. The first-order chi connectivity index (χ1) is 17.9. The Kier molecular flexibility index (Phi) is 4.58. The van der Waals surface area contributed by atoms with Gasteiger partial charge in [-0.15, -0.1) is 0 Å². The highest BCUT2D eigenvalue weighted by Crippen LogP contribution is 2.44. The summed E-state index contributed by atoms with van der Waals surface area (Å²) in [6, 6.07) is 30.0. The molecule has 0 bridgehead atoms. The zero-order valence-electron chi connectivity index (χ0n) is 20.6. The van der Waals surface area contributed by atoms with Gasteiger partial charge in [0, 0.05) is 39.5 Å². The molecule has 180 valence electrons. The second-order valence-electron chi connectivity index (χ2n) is 9.91. The molecule has 4 aromatic carbocycles. The van der Waals surface area contributed by atoms with Crippen LogP contribution < -0.4 is 4.90 Å². The van der Waals surface area contributed by atoms with Crippen molar-refractivity contribution < 1.29 is 13.1 Å². The van der Waals surface area contributed by atoms with Gasteiger partial charge < -0.3 is 22.5 Å². The quantitative estimate of drug-likeness (QED) is 0.236. The van der Waals surface area contributed by atoms with Gasteiger partial charge in [-0.3, -0.25) is 0 Å². The highest BCUT2D eigenvalue weighted by molar-refractivity contribution is 6.59. The maximum Gasteiger partial charge on any atom is 0.737 e. The molecule has 0 fully saturated rings. The number of aromatic nitrogens is 1. The van der Waals surface area contributed by atoms with E-state index in [2.05, 4.69) is 55.1 Å². The van der Waals surface area contributed by atoms with Crippen molar-refractivity contribution in [1.29, 1.82) is 0 Å². The van der Waals surface area contributed by atoms with Crippen LogP contribution in [0.15, 0.2) is 97.2 Å². The second kappa shape index (κ2) is 7.78. The third-order valence-electron chi connectivity index (χ3n) is 7.40. The van der Waals surface area contributed by atoms with E-state index in [1.165, 1.54) is 4.48 Å². The standard InChI is InChI=1S/C31H24BF2N3/c1-21-8-5-11-24(16-21)37(25-12-6-9-22(2)17-25)29-15-7-14-27-28(29)20-36-31(27)18-30-26-13-4-3-10-23(26)19-35(30)32(36,33)34/h3-20H,1-2H3. The van der Waals surface area contributed by atoms with Crippen LogP contribution in [0.3, 0.4) is 0 Å². The predicted molar refractivity (Wildman–Crippen MR) is 149 cm³/mol. The van der Waals surface area contributed by atoms with Gasteiger partial charge in [-0.2, -0.15) is 0 Å². The predicted octanol–water partition coefficient (Wildman–Crippen LogP) is 7.91. The lowest BCUT2D eigenvalue weighted by molar-refractivity contribution is -0.312. The van der Waals surface area contributed by atoms with Crippen molar-refractivity contribution >= 4 is 52.8 Å². The van der Waals surface area contributed by atoms with E-state index in [0.29, 0.717) is 11.4 Å². The first kappa shape index (κ1) is 21.8. The fourth-order valence-electron chi connectivity index (χ4n) is 5.70. The number of anilines is 3. The summed E-state index contributed by atoms with van der Waals surface area (Å²) in [5.41, 5.74) is 7.84. The van der Waals surface area contributed by atoms with E-state index in [1.807, 2.05) is 60.7 Å². The SMILES string of the molecule is Cc1cccc(N(c2cccc(C)c2)c2cccc3c4n(cc23)[B-](F)(F)[N+]2=Cc3ccccc3C2=C4)c1. The molecule has 1 aromatic heterocycles. The van der Waals surface area contributed by atoms with Crippen molar-refractivity contribution in [2.45, 2.75) is 13.8 Å². The molecule has 7 rings (SSSR count). The summed E-state index contributed by atoms with van der Waals surface area (Å²) in [4.78, 5) is 2.16. The smallest absolute Gasteiger partial charge is 0.395 e. The minimum absolute atomic E-state index is 0.534. The van der Waals surface area contributed by atoms with Crippen LogP contribution in [-0.2, 0) is 0 Å². The van der Waals surface area contributed by atoms with Crippen molar-refractivity contribution in [3.8, 4) is 0 Å². The summed E-state index contributed by atoms with van der Waals surface area (Å²) in [6.45, 7) is 0.0678. The Morgan fingerprint density at radius 1 is 0.757 bits per heavy atom. The lowest BCUT2D eigenvalue weighted by Gasteiger charge is -2.27. The van der Waals surface area contributed by atoms with Crippen molar-refractivity contribution in [2.75, 3.05) is 4.90 Å². The zero-order chi connectivity index (χ0) is 25.3. The van der Waals surface area contributed by atoms with Gasteiger partial charge in [0.2, 0.25) is 0 Å². The van der Waals surface area contributed by atoms with Gasteiger partial charge in [0.1, 0.15) is 6.21 Å². The number of nitrogens with zero attached hydrogens (tertiary/aromatic N) is 3. The van der Waals surface area contributed by atoms with Crippen LogP contribution in [-0.4, -0.2) is 22.1 Å². The number of fused-ring (bicyclic) bond motifs is 6. The number of halogens is 2. The number of rotatable bonds is 3. The fourth-order valence-corrected chi connectivity index (χ4v) is 5.70. The Morgan fingerprint density at radius 2 is 1.43 bits per heavy atom. The molecule has 0 unspecified atom stereocenters. The molecule has 3 nitrogen and oxygen atoms in total. The number of hydrogen-bond donors (Lipinski definition) is 0. The minimum Gasteiger partial charge on any atom is -0.395 e. The van der Waals surface area contributed by atoms with Crippen LogP contribution in [0.2, 0.25) is 0 Å². The van der Waals surface area contributed by atoms with Crippen molar-refractivity contribution in [3.63, 3.8) is 0 Å². The third-order valence-corrected chi connectivity index (χ3v) is 7.40. The van der Waals surface area contributed by atoms with E-state index < -0.39 is 6.97 Å². The first-order valence-electron chi connectivity index (χ1n) is 12.5. The van der Waals surface area contributed by atoms with Crippen molar-refractivity contribution in [2.24, 2.45) is 0 Å². The normalized spacial score (nSPS) is 15.0. The van der Waals surface area contributed by atoms with Gasteiger partial charge in [-0.25, -0.2) is 0 Å². The van der Waals surface area contributed by atoms with Gasteiger partial charge in [0.25, 0.3) is 0 Å². The molecular formula is C31H24BF2N3. The van der Waals surface area contributed by atoms with E-state index in [4.69, 9.17) is 0 Å². The fraction of sp³-hybridized carbons (Fsp3) is 0.0645. The van der Waals surface area contributed by atoms with Gasteiger partial charge in [0.15, 0.2) is 5.70 Å². The molecule has 3 heterocycles. The lowest BCUT2D eigenvalue weighted by atomic mass is 9.91. The van der Waals surface area contributed by atoms with Gasteiger partial charge in [-0.1, -0.05) is 48.5 Å². The molecule has 0 spiro atoms. The third kappa shape index (κ3) is 3.22. The van der Waals surface area contributed by atoms with Crippen LogP contribution in [0, 0.1) is 13.8 Å². The maximum atomic E-state index is 16.1. The van der Waals surface area contributed by atoms with E-state index in [9.17, 15) is 0 Å². The van der Waals surface area contributed by atoms with Gasteiger partial charge in [0.05, 0.1) is 11.3 Å². The molecule has 0 aliphatic carbocycles. The lowest BCUT2D eigenvalue weighted by Crippen LogP contribution is -2.47. The molecule has 2 aliphatic heterocycles. The summed E-state index contributed by atoms with van der Waals surface area (Å²) in [7, 11) is 0. The molecule has 37 heavy (non-hydrogen) atoms. The van der Waals surface area contributed by atoms with Crippen LogP contribution in [0.25, 0.3) is 22.5 Å². The number of benzene rings is 4. The summed E-state index contributed by atoms with van der Waals surface area (Å²) < 4.78 is 34.5. The molecule has 6 heteroatoms. The highest BCUT2D eigenvalue weighted by atomic mass is 19.2. The second-order valence-corrected chi connectivity index (χ2v) is 9.91. The Hall–Kier alpha value is -4.45. The van der Waals surface area contributed by atoms with Gasteiger partial charge >= 0.3 is 6.97 Å². The van der Waals surface area contributed by atoms with Crippen LogP contribution in [0.4, 0.5) is 25.7 Å². The molecule has 0 atom stereocenters. The first-order valence-corrected chi connectivity index (χ1v) is 12.5. The molecule has 0 radical (unpaired) electrons. The zero-order valence-corrected chi connectivity index (χ0v) is 20.6. The summed E-state index contributed by atoms with van der Waals surface area (Å²) in [5, 5.41) is 1.59. The molecule has 0 saturated carbocycles. The average molecular weight is 487 g/mol. The Bertz CT molecular complexity index is 1750. The van der Waals surface area contributed by atoms with Crippen molar-refractivity contribution in [3.05, 3.63) is 125 Å². The molecule has 0 saturated heterocycles. The largest absolute Gasteiger partial charge is 0.737 e. The summed E-state index contributed by atoms with van der Waals surface area (Å²) in [5.74, 6) is 0. The molecule has 2 aliphatic rings. The Balaban J connectivity index is 1.50. The molecule has 0 amide bonds. The van der Waals surface area contributed by atoms with E-state index in [-0.39, 0.29) is 0 Å². The summed E-state index contributed by atoms with van der Waals surface area (Å²) in [6.07, 6.45) is 5.10. The Morgan fingerprint density at radius 3 is 2.14 bits per heavy atom. The van der Waals surface area contributed by atoms with Crippen LogP contribution >= 0.6 is 0 Å². The Labute approximate surface area is 214 Å². The molecule has 5 aromatic rings. The molecule has 0 N–H and O–H groups in total. The van der Waals surface area contributed by atoms with Crippen LogP contribution in [0.1, 0.15) is 27.9 Å². The van der Waals surface area contributed by atoms with Crippen molar-refractivity contribution in [1.82, 2.24) is 4.48 Å². The van der Waals surface area contributed by atoms with Crippen LogP contribution in [0.5, 0.6) is 0 Å². The van der Waals surface area contributed by atoms with E-state index >= 15 is 8.63 Å². The van der Waals surface area contributed by atoms with E-state index in [1.54, 1.807) is 12.4 Å². The van der Waals surface area contributed by atoms with Gasteiger partial charge in [-0.05, 0) is 73.6 Å². The minimum atomic E-state index is -4.06. The summed E-state index contributed by atoms with van der Waals surface area (Å²) >= 11 is 0. The average Bonchev–Trinajstić information content (AvgIpc) is 3.46.